The first-order chi connectivity index (χ1) is 11.6. The summed E-state index contributed by atoms with van der Waals surface area (Å²) in [7, 11) is 0. The fourth-order valence-corrected chi connectivity index (χ4v) is 3.97. The van der Waals surface area contributed by atoms with E-state index in [0.717, 1.165) is 31.4 Å². The number of rotatable bonds is 4. The van der Waals surface area contributed by atoms with Crippen LogP contribution in [0.4, 0.5) is 10.5 Å². The highest BCUT2D eigenvalue weighted by Crippen LogP contribution is 2.33. The van der Waals surface area contributed by atoms with Crippen molar-refractivity contribution in [3.63, 3.8) is 0 Å². The van der Waals surface area contributed by atoms with Gasteiger partial charge in [-0.2, -0.15) is 0 Å². The molecule has 0 aliphatic carbocycles. The molecular weight excluding hydrogens is 326 g/mol. The van der Waals surface area contributed by atoms with Gasteiger partial charge in [0, 0.05) is 32.6 Å². The van der Waals surface area contributed by atoms with Crippen molar-refractivity contribution in [3.8, 4) is 0 Å². The van der Waals surface area contributed by atoms with Crippen LogP contribution in [0.1, 0.15) is 13.3 Å². The largest absolute Gasteiger partial charge is 0.340 e. The summed E-state index contributed by atoms with van der Waals surface area (Å²) in [6.45, 7) is 6.20. The quantitative estimate of drug-likeness (QED) is 0.831. The van der Waals surface area contributed by atoms with Crippen molar-refractivity contribution in [1.82, 2.24) is 9.80 Å². The van der Waals surface area contributed by atoms with Gasteiger partial charge >= 0.3 is 0 Å². The fourth-order valence-electron chi connectivity index (χ4n) is 3.00. The maximum atomic E-state index is 12.5. The van der Waals surface area contributed by atoms with E-state index in [0.29, 0.717) is 18.8 Å². The molecule has 2 fully saturated rings. The van der Waals surface area contributed by atoms with E-state index in [1.807, 2.05) is 6.07 Å². The Morgan fingerprint density at radius 2 is 1.79 bits per heavy atom. The van der Waals surface area contributed by atoms with Gasteiger partial charge in [-0.15, -0.1) is 0 Å². The predicted octanol–water partition coefficient (Wildman–Crippen LogP) is 1.81. The van der Waals surface area contributed by atoms with Crippen LogP contribution in [0.2, 0.25) is 0 Å². The van der Waals surface area contributed by atoms with Crippen molar-refractivity contribution in [2.75, 3.05) is 37.6 Å². The van der Waals surface area contributed by atoms with Crippen LogP contribution in [-0.4, -0.2) is 64.8 Å². The average Bonchev–Trinajstić information content (AvgIpc) is 2.89. The molecule has 1 atom stereocenters. The van der Waals surface area contributed by atoms with Crippen molar-refractivity contribution in [2.45, 2.75) is 18.6 Å². The molecule has 0 spiro atoms. The lowest BCUT2D eigenvalue weighted by Gasteiger charge is -2.34. The number of likely N-dealkylation sites (N-methyl/N-ethyl adjacent to an activating group) is 1. The molecule has 2 heterocycles. The summed E-state index contributed by atoms with van der Waals surface area (Å²) in [4.78, 5) is 42.4. The molecule has 128 valence electrons. The predicted molar refractivity (Wildman–Crippen MR) is 94.0 cm³/mol. The van der Waals surface area contributed by atoms with Crippen LogP contribution in [0, 0.1) is 0 Å². The Morgan fingerprint density at radius 3 is 2.42 bits per heavy atom. The molecule has 0 bridgehead atoms. The van der Waals surface area contributed by atoms with E-state index in [9.17, 15) is 14.4 Å². The summed E-state index contributed by atoms with van der Waals surface area (Å²) in [5, 5.41) is -0.922. The average molecular weight is 347 g/mol. The van der Waals surface area contributed by atoms with E-state index in [4.69, 9.17) is 0 Å². The molecule has 2 saturated heterocycles. The molecule has 24 heavy (non-hydrogen) atoms. The first-order valence-corrected chi connectivity index (χ1v) is 9.08. The van der Waals surface area contributed by atoms with Crippen molar-refractivity contribution in [1.29, 1.82) is 0 Å². The van der Waals surface area contributed by atoms with Crippen LogP contribution >= 0.6 is 11.8 Å². The number of imide groups is 1. The summed E-state index contributed by atoms with van der Waals surface area (Å²) < 4.78 is 0. The lowest BCUT2D eigenvalue weighted by molar-refractivity contribution is -0.134. The van der Waals surface area contributed by atoms with E-state index in [1.165, 1.54) is 4.90 Å². The number of thioether (sulfide) groups is 1. The van der Waals surface area contributed by atoms with Crippen molar-refractivity contribution in [2.24, 2.45) is 0 Å². The third kappa shape index (κ3) is 3.47. The van der Waals surface area contributed by atoms with E-state index in [2.05, 4.69) is 11.8 Å². The molecule has 0 saturated carbocycles. The number of benzene rings is 1. The number of carbonyl (C=O) groups is 3. The molecule has 6 nitrogen and oxygen atoms in total. The Bertz CT molecular complexity index is 629. The van der Waals surface area contributed by atoms with E-state index >= 15 is 0 Å². The molecule has 2 aliphatic rings. The second kappa shape index (κ2) is 7.36. The van der Waals surface area contributed by atoms with Gasteiger partial charge in [0.25, 0.3) is 5.24 Å². The number of piperazine rings is 1. The minimum Gasteiger partial charge on any atom is -0.340 e. The highest BCUT2D eigenvalue weighted by atomic mass is 32.2. The minimum absolute atomic E-state index is 0.0423. The van der Waals surface area contributed by atoms with E-state index in [1.54, 1.807) is 29.2 Å². The maximum absolute atomic E-state index is 12.5. The minimum atomic E-state index is -0.616. The Balaban J connectivity index is 1.61. The van der Waals surface area contributed by atoms with Crippen LogP contribution in [0.3, 0.4) is 0 Å². The summed E-state index contributed by atoms with van der Waals surface area (Å²) >= 11 is 0.954. The molecule has 7 heteroatoms. The van der Waals surface area contributed by atoms with Crippen LogP contribution in [0.5, 0.6) is 0 Å². The summed E-state index contributed by atoms with van der Waals surface area (Å²) in [5.74, 6) is -0.337. The molecule has 3 amide bonds. The molecule has 0 N–H and O–H groups in total. The first kappa shape index (κ1) is 17.0. The lowest BCUT2D eigenvalue weighted by atomic mass is 10.2. The zero-order valence-electron chi connectivity index (χ0n) is 13.7. The van der Waals surface area contributed by atoms with Crippen molar-refractivity contribution >= 4 is 34.5 Å². The van der Waals surface area contributed by atoms with Gasteiger partial charge in [-0.25, -0.2) is 4.90 Å². The molecular formula is C17H21N3O3S. The topological polar surface area (TPSA) is 60.9 Å². The molecule has 0 radical (unpaired) electrons. The van der Waals surface area contributed by atoms with Gasteiger partial charge in [-0.1, -0.05) is 25.1 Å². The van der Waals surface area contributed by atoms with Crippen molar-refractivity contribution in [3.05, 3.63) is 30.3 Å². The number of hydrogen-bond acceptors (Lipinski definition) is 5. The molecule has 1 aromatic carbocycles. The zero-order chi connectivity index (χ0) is 17.1. The number of hydrogen-bond donors (Lipinski definition) is 0. The Labute approximate surface area is 145 Å². The number of amides is 3. The molecule has 2 aliphatic heterocycles. The second-order valence-corrected chi connectivity index (χ2v) is 7.05. The lowest BCUT2D eigenvalue weighted by Crippen LogP contribution is -2.49. The molecule has 3 rings (SSSR count). The van der Waals surface area contributed by atoms with Crippen molar-refractivity contribution < 1.29 is 14.4 Å². The third-order valence-corrected chi connectivity index (χ3v) is 5.51. The number of anilines is 1. The molecule has 1 aromatic rings. The fraction of sp³-hybridized carbons (Fsp3) is 0.471. The Kier molecular flexibility index (Phi) is 5.20. The first-order valence-electron chi connectivity index (χ1n) is 8.20. The standard InChI is InChI=1S/C17H21N3O3S/c1-2-18-8-10-19(11-9-18)15(21)12-14-16(22)20(17(23)24-14)13-6-4-3-5-7-13/h3-7,14H,2,8-12H2,1H3/t14-/m0/s1. The third-order valence-electron chi connectivity index (χ3n) is 4.47. The van der Waals surface area contributed by atoms with Gasteiger partial charge in [-0.05, 0) is 30.4 Å². The van der Waals surface area contributed by atoms with Gasteiger partial charge in [-0.3, -0.25) is 14.4 Å². The highest BCUT2D eigenvalue weighted by Gasteiger charge is 2.42. The van der Waals surface area contributed by atoms with Gasteiger partial charge in [0.05, 0.1) is 5.69 Å². The monoisotopic (exact) mass is 347 g/mol. The van der Waals surface area contributed by atoms with E-state index in [-0.39, 0.29) is 23.5 Å². The number of carbonyl (C=O) groups excluding carboxylic acids is 3. The van der Waals surface area contributed by atoms with Crippen LogP contribution in [0.15, 0.2) is 30.3 Å². The second-order valence-electron chi connectivity index (χ2n) is 5.90. The normalized spacial score (nSPS) is 22.3. The van der Waals surface area contributed by atoms with Crippen LogP contribution < -0.4 is 4.90 Å². The number of para-hydroxylation sites is 1. The smallest absolute Gasteiger partial charge is 0.293 e. The summed E-state index contributed by atoms with van der Waals surface area (Å²) in [6, 6.07) is 8.85. The van der Waals surface area contributed by atoms with Gasteiger partial charge in [0.1, 0.15) is 5.25 Å². The van der Waals surface area contributed by atoms with Gasteiger partial charge in [0.2, 0.25) is 11.8 Å². The van der Waals surface area contributed by atoms with E-state index < -0.39 is 5.25 Å². The molecule has 0 aromatic heterocycles. The highest BCUT2D eigenvalue weighted by molar-refractivity contribution is 8.15. The summed E-state index contributed by atoms with van der Waals surface area (Å²) in [6.07, 6.45) is 0.0880. The summed E-state index contributed by atoms with van der Waals surface area (Å²) in [5.41, 5.74) is 0.562. The Morgan fingerprint density at radius 1 is 1.12 bits per heavy atom. The van der Waals surface area contributed by atoms with Crippen LogP contribution in [-0.2, 0) is 9.59 Å². The van der Waals surface area contributed by atoms with Gasteiger partial charge in [0.15, 0.2) is 0 Å². The number of nitrogens with zero attached hydrogens (tertiary/aromatic N) is 3. The SMILES string of the molecule is CCN1CCN(C(=O)C[C@@H]2SC(=O)N(c3ccccc3)C2=O)CC1. The molecule has 0 unspecified atom stereocenters. The maximum Gasteiger partial charge on any atom is 0.293 e. The van der Waals surface area contributed by atoms with Crippen LogP contribution in [0.25, 0.3) is 0 Å². The van der Waals surface area contributed by atoms with Gasteiger partial charge < -0.3 is 9.80 Å². The Hall–Kier alpha value is -1.86. The zero-order valence-corrected chi connectivity index (χ0v) is 14.5.